The first-order valence-corrected chi connectivity index (χ1v) is 4.75. The fourth-order valence-electron chi connectivity index (χ4n) is 1.15. The van der Waals surface area contributed by atoms with Crippen LogP contribution in [0.4, 0.5) is 0 Å². The SMILES string of the molecule is CCC(N)Cc1cccc(O)c1Cl.Cl. The van der Waals surface area contributed by atoms with Crippen LogP contribution in [0.25, 0.3) is 0 Å². The fourth-order valence-corrected chi connectivity index (χ4v) is 1.35. The van der Waals surface area contributed by atoms with Crippen molar-refractivity contribution in [1.29, 1.82) is 0 Å². The van der Waals surface area contributed by atoms with E-state index in [-0.39, 0.29) is 24.2 Å². The van der Waals surface area contributed by atoms with Crippen LogP contribution in [0.15, 0.2) is 18.2 Å². The minimum Gasteiger partial charge on any atom is -0.506 e. The minimum absolute atomic E-state index is 0. The summed E-state index contributed by atoms with van der Waals surface area (Å²) >= 11 is 5.89. The predicted octanol–water partition coefficient (Wildman–Crippen LogP) is 2.75. The van der Waals surface area contributed by atoms with Gasteiger partial charge in [-0.15, -0.1) is 12.4 Å². The minimum atomic E-state index is 0. The van der Waals surface area contributed by atoms with Gasteiger partial charge in [-0.25, -0.2) is 0 Å². The lowest BCUT2D eigenvalue weighted by Gasteiger charge is -2.10. The highest BCUT2D eigenvalue weighted by atomic mass is 35.5. The molecule has 0 aliphatic carbocycles. The van der Waals surface area contributed by atoms with Gasteiger partial charge in [0.25, 0.3) is 0 Å². The van der Waals surface area contributed by atoms with Crippen LogP contribution in [0.1, 0.15) is 18.9 Å². The van der Waals surface area contributed by atoms with E-state index in [0.29, 0.717) is 11.4 Å². The van der Waals surface area contributed by atoms with Gasteiger partial charge in [-0.3, -0.25) is 0 Å². The molecule has 0 bridgehead atoms. The van der Waals surface area contributed by atoms with Crippen LogP contribution < -0.4 is 5.73 Å². The zero-order chi connectivity index (χ0) is 9.84. The van der Waals surface area contributed by atoms with Gasteiger partial charge in [-0.05, 0) is 24.5 Å². The van der Waals surface area contributed by atoms with Crippen LogP contribution in [0.2, 0.25) is 5.02 Å². The molecule has 0 saturated carbocycles. The van der Waals surface area contributed by atoms with Crippen LogP contribution in [0.3, 0.4) is 0 Å². The Morgan fingerprint density at radius 1 is 1.50 bits per heavy atom. The Labute approximate surface area is 95.5 Å². The number of rotatable bonds is 3. The van der Waals surface area contributed by atoms with Gasteiger partial charge in [-0.1, -0.05) is 30.7 Å². The molecule has 14 heavy (non-hydrogen) atoms. The van der Waals surface area contributed by atoms with E-state index >= 15 is 0 Å². The molecule has 2 nitrogen and oxygen atoms in total. The van der Waals surface area contributed by atoms with Crippen LogP contribution in [-0.2, 0) is 6.42 Å². The third-order valence-electron chi connectivity index (χ3n) is 2.06. The van der Waals surface area contributed by atoms with Crippen molar-refractivity contribution in [2.45, 2.75) is 25.8 Å². The first kappa shape index (κ1) is 13.6. The standard InChI is InChI=1S/C10H14ClNO.ClH/c1-2-8(12)6-7-4-3-5-9(13)10(7)11;/h3-5,8,13H,2,6,12H2,1H3;1H. The second-order valence-corrected chi connectivity index (χ2v) is 3.50. The van der Waals surface area contributed by atoms with Gasteiger partial charge in [0.15, 0.2) is 0 Å². The normalized spacial score (nSPS) is 11.9. The second-order valence-electron chi connectivity index (χ2n) is 3.12. The Kier molecular flexibility index (Phi) is 5.93. The predicted molar refractivity (Wildman–Crippen MR) is 62.3 cm³/mol. The molecule has 0 fully saturated rings. The topological polar surface area (TPSA) is 46.2 Å². The fraction of sp³-hybridized carbons (Fsp3) is 0.400. The van der Waals surface area contributed by atoms with Crippen LogP contribution >= 0.6 is 24.0 Å². The van der Waals surface area contributed by atoms with E-state index in [4.69, 9.17) is 17.3 Å². The van der Waals surface area contributed by atoms with Gasteiger partial charge in [0.2, 0.25) is 0 Å². The summed E-state index contributed by atoms with van der Waals surface area (Å²) in [5.41, 5.74) is 6.70. The number of halogens is 2. The molecule has 0 saturated heterocycles. The molecular weight excluding hydrogens is 221 g/mol. The molecule has 0 aliphatic rings. The van der Waals surface area contributed by atoms with Gasteiger partial charge in [0, 0.05) is 6.04 Å². The third kappa shape index (κ3) is 3.37. The average Bonchev–Trinajstić information content (AvgIpc) is 2.13. The Bertz CT molecular complexity index is 291. The molecule has 4 heteroatoms. The van der Waals surface area contributed by atoms with E-state index in [1.54, 1.807) is 12.1 Å². The summed E-state index contributed by atoms with van der Waals surface area (Å²) in [5, 5.41) is 9.74. The quantitative estimate of drug-likeness (QED) is 0.847. The van der Waals surface area contributed by atoms with Gasteiger partial charge >= 0.3 is 0 Å². The molecule has 1 aromatic carbocycles. The summed E-state index contributed by atoms with van der Waals surface area (Å²) < 4.78 is 0. The summed E-state index contributed by atoms with van der Waals surface area (Å²) in [6.45, 7) is 2.03. The molecule has 1 atom stereocenters. The monoisotopic (exact) mass is 235 g/mol. The van der Waals surface area contributed by atoms with Crippen molar-refractivity contribution in [3.05, 3.63) is 28.8 Å². The Morgan fingerprint density at radius 3 is 2.71 bits per heavy atom. The summed E-state index contributed by atoms with van der Waals surface area (Å²) in [4.78, 5) is 0. The molecule has 0 aliphatic heterocycles. The second kappa shape index (κ2) is 6.12. The van der Waals surface area contributed by atoms with Gasteiger partial charge in [0.1, 0.15) is 5.75 Å². The molecule has 0 heterocycles. The lowest BCUT2D eigenvalue weighted by Crippen LogP contribution is -2.21. The number of phenolic OH excluding ortho intramolecular Hbond substituents is 1. The van der Waals surface area contributed by atoms with Gasteiger partial charge in [-0.2, -0.15) is 0 Å². The van der Waals surface area contributed by atoms with Crippen molar-refractivity contribution >= 4 is 24.0 Å². The van der Waals surface area contributed by atoms with E-state index in [0.717, 1.165) is 12.0 Å². The van der Waals surface area contributed by atoms with E-state index in [9.17, 15) is 5.11 Å². The van der Waals surface area contributed by atoms with Gasteiger partial charge in [0.05, 0.1) is 5.02 Å². The molecule has 80 valence electrons. The van der Waals surface area contributed by atoms with E-state index in [1.807, 2.05) is 13.0 Å². The maximum Gasteiger partial charge on any atom is 0.134 e. The van der Waals surface area contributed by atoms with Gasteiger partial charge < -0.3 is 10.8 Å². The largest absolute Gasteiger partial charge is 0.506 e. The highest BCUT2D eigenvalue weighted by molar-refractivity contribution is 6.32. The first-order chi connectivity index (χ1) is 6.15. The Hall–Kier alpha value is -0.440. The number of aromatic hydroxyl groups is 1. The van der Waals surface area contributed by atoms with Crippen LogP contribution in [0.5, 0.6) is 5.75 Å². The zero-order valence-corrected chi connectivity index (χ0v) is 9.61. The smallest absolute Gasteiger partial charge is 0.134 e. The van der Waals surface area contributed by atoms with Crippen LogP contribution in [-0.4, -0.2) is 11.1 Å². The summed E-state index contributed by atoms with van der Waals surface area (Å²) in [6, 6.07) is 5.35. The van der Waals surface area contributed by atoms with Crippen molar-refractivity contribution in [3.63, 3.8) is 0 Å². The van der Waals surface area contributed by atoms with Crippen molar-refractivity contribution in [1.82, 2.24) is 0 Å². The third-order valence-corrected chi connectivity index (χ3v) is 2.50. The summed E-state index contributed by atoms with van der Waals surface area (Å²) in [7, 11) is 0. The van der Waals surface area contributed by atoms with E-state index in [2.05, 4.69) is 0 Å². The average molecular weight is 236 g/mol. The van der Waals surface area contributed by atoms with Crippen LogP contribution in [0, 0.1) is 0 Å². The van der Waals surface area contributed by atoms with E-state index in [1.165, 1.54) is 0 Å². The maximum atomic E-state index is 9.31. The lowest BCUT2D eigenvalue weighted by atomic mass is 10.0. The Morgan fingerprint density at radius 2 is 2.14 bits per heavy atom. The number of phenols is 1. The number of nitrogens with two attached hydrogens (primary N) is 1. The van der Waals surface area contributed by atoms with Crippen molar-refractivity contribution < 1.29 is 5.11 Å². The molecule has 0 amide bonds. The molecule has 3 N–H and O–H groups in total. The van der Waals surface area contributed by atoms with E-state index < -0.39 is 0 Å². The molecule has 0 aromatic heterocycles. The highest BCUT2D eigenvalue weighted by Gasteiger charge is 2.07. The molecule has 0 radical (unpaired) electrons. The molecule has 1 unspecified atom stereocenters. The molecule has 1 rings (SSSR count). The summed E-state index contributed by atoms with van der Waals surface area (Å²) in [5.74, 6) is 0.127. The number of hydrogen-bond donors (Lipinski definition) is 2. The molecule has 0 spiro atoms. The lowest BCUT2D eigenvalue weighted by molar-refractivity contribution is 0.474. The number of benzene rings is 1. The molecular formula is C10H15Cl2NO. The maximum absolute atomic E-state index is 9.31. The van der Waals surface area contributed by atoms with Crippen molar-refractivity contribution in [2.75, 3.05) is 0 Å². The zero-order valence-electron chi connectivity index (χ0n) is 8.03. The first-order valence-electron chi connectivity index (χ1n) is 4.37. The number of hydrogen-bond acceptors (Lipinski definition) is 2. The highest BCUT2D eigenvalue weighted by Crippen LogP contribution is 2.27. The van der Waals surface area contributed by atoms with Crippen molar-refractivity contribution in [3.8, 4) is 5.75 Å². The molecule has 1 aromatic rings. The summed E-state index contributed by atoms with van der Waals surface area (Å²) in [6.07, 6.45) is 1.62. The van der Waals surface area contributed by atoms with Crippen molar-refractivity contribution in [2.24, 2.45) is 5.73 Å². The Balaban J connectivity index is 0.00000169.